The first-order valence-corrected chi connectivity index (χ1v) is 15.9. The highest BCUT2D eigenvalue weighted by Crippen LogP contribution is 2.43. The molecule has 0 amide bonds. The van der Waals surface area contributed by atoms with Crippen LogP contribution in [0.4, 0.5) is 0 Å². The molecule has 0 bridgehead atoms. The standard InChI is InChI=1S/C44H26N4/c45-27-30-13-10-20-37(43(30)29-12-9-15-32(26-29)47-38-21-5-1-16-33(38)34-17-2-6-22-39(34)47)44-31(28-46)14-11-25-42(44)48-40-23-7-3-18-35(40)36-19-4-8-24-41(36)48/h1-26H. The molecule has 0 radical (unpaired) electrons. The SMILES string of the molecule is N#Cc1cccc(-c2c(C#N)cccc2-n2c3ccccc3c3ccccc32)c1-c1cccc(-n2c3ccccc3c3ccccc32)c1. The maximum Gasteiger partial charge on any atom is 0.0998 e. The monoisotopic (exact) mass is 610 g/mol. The van der Waals surface area contributed by atoms with Crippen molar-refractivity contribution >= 4 is 43.6 Å². The first kappa shape index (κ1) is 27.4. The van der Waals surface area contributed by atoms with Crippen molar-refractivity contribution in [3.8, 4) is 45.8 Å². The Hall–Kier alpha value is -6.88. The minimum atomic E-state index is 0.546. The van der Waals surface area contributed by atoms with Crippen molar-refractivity contribution in [1.29, 1.82) is 10.5 Å². The van der Waals surface area contributed by atoms with Gasteiger partial charge in [0.2, 0.25) is 0 Å². The topological polar surface area (TPSA) is 57.4 Å². The van der Waals surface area contributed by atoms with Gasteiger partial charge in [-0.2, -0.15) is 10.5 Å². The number of fused-ring (bicyclic) bond motifs is 6. The molecule has 0 atom stereocenters. The number of hydrogen-bond acceptors (Lipinski definition) is 2. The Morgan fingerprint density at radius 1 is 0.396 bits per heavy atom. The zero-order chi connectivity index (χ0) is 32.2. The molecular weight excluding hydrogens is 585 g/mol. The third-order valence-corrected chi connectivity index (χ3v) is 9.41. The van der Waals surface area contributed by atoms with Crippen LogP contribution >= 0.6 is 0 Å². The van der Waals surface area contributed by atoms with Gasteiger partial charge in [0, 0.05) is 38.4 Å². The van der Waals surface area contributed by atoms with Gasteiger partial charge in [0.05, 0.1) is 51.0 Å². The van der Waals surface area contributed by atoms with Crippen molar-refractivity contribution in [3.05, 3.63) is 169 Å². The summed E-state index contributed by atoms with van der Waals surface area (Å²) in [5.41, 5.74) is 10.7. The van der Waals surface area contributed by atoms with Gasteiger partial charge in [0.25, 0.3) is 0 Å². The molecule has 2 aromatic heterocycles. The van der Waals surface area contributed by atoms with E-state index >= 15 is 0 Å². The summed E-state index contributed by atoms with van der Waals surface area (Å²) in [6, 6.07) is 58.7. The number of hydrogen-bond donors (Lipinski definition) is 0. The third-order valence-electron chi connectivity index (χ3n) is 9.41. The number of para-hydroxylation sites is 4. The first-order chi connectivity index (χ1) is 23.8. The van der Waals surface area contributed by atoms with Crippen LogP contribution in [0.25, 0.3) is 77.2 Å². The lowest BCUT2D eigenvalue weighted by Gasteiger charge is -2.19. The smallest absolute Gasteiger partial charge is 0.0998 e. The molecule has 7 aromatic carbocycles. The number of nitriles is 2. The van der Waals surface area contributed by atoms with E-state index in [-0.39, 0.29) is 0 Å². The van der Waals surface area contributed by atoms with Gasteiger partial charge in [-0.1, -0.05) is 103 Å². The molecule has 0 fully saturated rings. The highest BCUT2D eigenvalue weighted by molar-refractivity contribution is 6.11. The van der Waals surface area contributed by atoms with Crippen LogP contribution in [0.15, 0.2) is 158 Å². The molecule has 222 valence electrons. The average Bonchev–Trinajstić information content (AvgIpc) is 3.67. The van der Waals surface area contributed by atoms with Crippen LogP contribution in [-0.2, 0) is 0 Å². The van der Waals surface area contributed by atoms with Crippen LogP contribution in [-0.4, -0.2) is 9.13 Å². The van der Waals surface area contributed by atoms with E-state index in [1.165, 1.54) is 10.8 Å². The first-order valence-electron chi connectivity index (χ1n) is 15.9. The van der Waals surface area contributed by atoms with Gasteiger partial charge in [0.1, 0.15) is 0 Å². The molecule has 9 aromatic rings. The molecule has 0 saturated heterocycles. The Bertz CT molecular complexity index is 2710. The summed E-state index contributed by atoms with van der Waals surface area (Å²) in [6.07, 6.45) is 0. The fourth-order valence-electron chi connectivity index (χ4n) is 7.45. The van der Waals surface area contributed by atoms with Crippen molar-refractivity contribution in [3.63, 3.8) is 0 Å². The quantitative estimate of drug-likeness (QED) is 0.199. The molecular formula is C44H26N4. The van der Waals surface area contributed by atoms with Crippen LogP contribution in [0.5, 0.6) is 0 Å². The van der Waals surface area contributed by atoms with Crippen molar-refractivity contribution < 1.29 is 0 Å². The summed E-state index contributed by atoms with van der Waals surface area (Å²) in [6.45, 7) is 0. The molecule has 0 unspecified atom stereocenters. The molecule has 0 aliphatic heterocycles. The zero-order valence-corrected chi connectivity index (χ0v) is 25.8. The molecule has 9 rings (SSSR count). The number of rotatable bonds is 4. The van der Waals surface area contributed by atoms with Crippen LogP contribution in [0, 0.1) is 22.7 Å². The minimum absolute atomic E-state index is 0.546. The third kappa shape index (κ3) is 4.01. The molecule has 4 heteroatoms. The second-order valence-corrected chi connectivity index (χ2v) is 11.9. The maximum atomic E-state index is 10.6. The molecule has 48 heavy (non-hydrogen) atoms. The van der Waals surface area contributed by atoms with E-state index in [0.29, 0.717) is 11.1 Å². The Balaban J connectivity index is 1.34. The number of aromatic nitrogens is 2. The normalized spacial score (nSPS) is 11.3. The molecule has 0 spiro atoms. The fourth-order valence-corrected chi connectivity index (χ4v) is 7.45. The van der Waals surface area contributed by atoms with Crippen molar-refractivity contribution in [2.45, 2.75) is 0 Å². The van der Waals surface area contributed by atoms with E-state index in [1.54, 1.807) is 0 Å². The Kier molecular flexibility index (Phi) is 6.22. The van der Waals surface area contributed by atoms with Gasteiger partial charge in [-0.25, -0.2) is 0 Å². The maximum absolute atomic E-state index is 10.6. The van der Waals surface area contributed by atoms with Gasteiger partial charge in [-0.15, -0.1) is 0 Å². The van der Waals surface area contributed by atoms with Gasteiger partial charge < -0.3 is 9.13 Å². The minimum Gasteiger partial charge on any atom is -0.309 e. The fraction of sp³-hybridized carbons (Fsp3) is 0. The van der Waals surface area contributed by atoms with Crippen molar-refractivity contribution in [2.24, 2.45) is 0 Å². The summed E-state index contributed by atoms with van der Waals surface area (Å²) in [4.78, 5) is 0. The van der Waals surface area contributed by atoms with Crippen LogP contribution in [0.3, 0.4) is 0 Å². The molecule has 0 aliphatic rings. The van der Waals surface area contributed by atoms with E-state index in [2.05, 4.69) is 137 Å². The molecule has 2 heterocycles. The summed E-state index contributed by atoms with van der Waals surface area (Å²) >= 11 is 0. The molecule has 0 N–H and O–H groups in total. The van der Waals surface area contributed by atoms with Gasteiger partial charge in [0.15, 0.2) is 0 Å². The average molecular weight is 611 g/mol. The van der Waals surface area contributed by atoms with Gasteiger partial charge >= 0.3 is 0 Å². The highest BCUT2D eigenvalue weighted by atomic mass is 15.0. The van der Waals surface area contributed by atoms with Crippen LogP contribution in [0.2, 0.25) is 0 Å². The highest BCUT2D eigenvalue weighted by Gasteiger charge is 2.22. The zero-order valence-electron chi connectivity index (χ0n) is 25.8. The molecule has 0 aliphatic carbocycles. The second kappa shape index (κ2) is 10.9. The Morgan fingerprint density at radius 3 is 1.40 bits per heavy atom. The predicted octanol–water partition coefficient (Wildman–Crippen LogP) is 11.0. The summed E-state index contributed by atoms with van der Waals surface area (Å²) in [5.74, 6) is 0. The van der Waals surface area contributed by atoms with E-state index < -0.39 is 0 Å². The molecule has 4 nitrogen and oxygen atoms in total. The number of nitrogens with zero attached hydrogens (tertiary/aromatic N) is 4. The van der Waals surface area contributed by atoms with Crippen molar-refractivity contribution in [1.82, 2.24) is 9.13 Å². The van der Waals surface area contributed by atoms with Gasteiger partial charge in [-0.3, -0.25) is 0 Å². The summed E-state index contributed by atoms with van der Waals surface area (Å²) in [5, 5.41) is 25.8. The van der Waals surface area contributed by atoms with E-state index in [9.17, 15) is 10.5 Å². The summed E-state index contributed by atoms with van der Waals surface area (Å²) in [7, 11) is 0. The molecule has 0 saturated carbocycles. The van der Waals surface area contributed by atoms with Gasteiger partial charge in [-0.05, 0) is 65.7 Å². The predicted molar refractivity (Wildman–Crippen MR) is 195 cm³/mol. The summed E-state index contributed by atoms with van der Waals surface area (Å²) < 4.78 is 4.54. The second-order valence-electron chi connectivity index (χ2n) is 11.9. The van der Waals surface area contributed by atoms with Crippen molar-refractivity contribution in [2.75, 3.05) is 0 Å². The Morgan fingerprint density at radius 2 is 0.854 bits per heavy atom. The van der Waals surface area contributed by atoms with E-state index in [0.717, 1.165) is 66.5 Å². The largest absolute Gasteiger partial charge is 0.309 e. The van der Waals surface area contributed by atoms with E-state index in [4.69, 9.17) is 0 Å². The van der Waals surface area contributed by atoms with Crippen LogP contribution in [0.1, 0.15) is 11.1 Å². The number of benzene rings is 7. The van der Waals surface area contributed by atoms with Crippen LogP contribution < -0.4 is 0 Å². The lowest BCUT2D eigenvalue weighted by atomic mass is 9.87. The Labute approximate surface area is 277 Å². The lowest BCUT2D eigenvalue weighted by Crippen LogP contribution is -2.01. The lowest BCUT2D eigenvalue weighted by molar-refractivity contribution is 1.18. The van der Waals surface area contributed by atoms with E-state index in [1.807, 2.05) is 42.5 Å².